The van der Waals surface area contributed by atoms with E-state index in [4.69, 9.17) is 4.74 Å². The number of piperidine rings is 1. The van der Waals surface area contributed by atoms with Crippen molar-refractivity contribution in [2.24, 2.45) is 5.41 Å². The maximum Gasteiger partial charge on any atom is 0.336 e. The number of carbonyl (C=O) groups is 2. The predicted molar refractivity (Wildman–Crippen MR) is 112 cm³/mol. The number of carbonyl (C=O) groups excluding carboxylic acids is 2. The number of likely N-dealkylation sites (tertiary alicyclic amines) is 1. The highest BCUT2D eigenvalue weighted by Crippen LogP contribution is 2.46. The van der Waals surface area contributed by atoms with E-state index in [0.29, 0.717) is 55.3 Å². The van der Waals surface area contributed by atoms with Crippen LogP contribution in [-0.4, -0.2) is 83.4 Å². The van der Waals surface area contributed by atoms with E-state index in [1.54, 1.807) is 24.0 Å². The first kappa shape index (κ1) is 21.3. The molecule has 0 saturated carbocycles. The van der Waals surface area contributed by atoms with Gasteiger partial charge in [-0.05, 0) is 67.9 Å². The molecule has 0 unspecified atom stereocenters. The highest BCUT2D eigenvalue weighted by atomic mass is 16.5. The fraction of sp³-hybridized carbons (Fsp3) is 0.476. The molecule has 0 radical (unpaired) electrons. The molecule has 2 aromatic rings. The molecule has 1 spiro atoms. The Morgan fingerprint density at radius 2 is 1.97 bits per heavy atom. The molecule has 0 aliphatic carbocycles. The summed E-state index contributed by atoms with van der Waals surface area (Å²) in [7, 11) is 0. The lowest BCUT2D eigenvalue weighted by molar-refractivity contribution is -0.138. The molecule has 12 heteroatoms. The second-order valence-electron chi connectivity index (χ2n) is 8.60. The standard InChI is InChI=1S/C21H24N8O4/c1-13-9-28(16-11-33-19(31)14(16)2)20(32)21(13)5-7-27(8-6-21)10-17(30)15-3-4-18(24-23-15)29-12-22-25-26-29/h3-4,9,12,17,30H,5-8,10-11H2,1-2H3/t17-/m0/s1. The molecule has 1 amide bonds. The minimum atomic E-state index is -0.809. The SMILES string of the molecule is CC1=CN(C2=C(C)C(=O)OC2)C(=O)C12CCN(C[C@H](O)c1ccc(-n3cnnn3)nn1)CC2. The molecule has 12 nitrogen and oxygen atoms in total. The first-order valence-corrected chi connectivity index (χ1v) is 10.8. The van der Waals surface area contributed by atoms with Crippen LogP contribution in [0.15, 0.2) is 41.5 Å². The number of hydrogen-bond acceptors (Lipinski definition) is 10. The highest BCUT2D eigenvalue weighted by Gasteiger charge is 2.50. The predicted octanol–water partition coefficient (Wildman–Crippen LogP) is 0.145. The second-order valence-corrected chi connectivity index (χ2v) is 8.60. The Bertz CT molecular complexity index is 1130. The van der Waals surface area contributed by atoms with E-state index in [2.05, 4.69) is 30.6 Å². The number of hydrogen-bond donors (Lipinski definition) is 1. The minimum Gasteiger partial charge on any atom is -0.456 e. The lowest BCUT2D eigenvalue weighted by Gasteiger charge is -2.39. The number of esters is 1. The van der Waals surface area contributed by atoms with Gasteiger partial charge in [0, 0.05) is 12.7 Å². The van der Waals surface area contributed by atoms with Crippen molar-refractivity contribution in [2.45, 2.75) is 32.8 Å². The van der Waals surface area contributed by atoms with Crippen LogP contribution in [0.4, 0.5) is 0 Å². The number of rotatable bonds is 5. The van der Waals surface area contributed by atoms with Gasteiger partial charge in [0.15, 0.2) is 5.82 Å². The number of ether oxygens (including phenoxy) is 1. The molecule has 3 aliphatic heterocycles. The maximum absolute atomic E-state index is 13.4. The van der Waals surface area contributed by atoms with Gasteiger partial charge >= 0.3 is 5.97 Å². The van der Waals surface area contributed by atoms with E-state index in [0.717, 1.165) is 5.57 Å². The summed E-state index contributed by atoms with van der Waals surface area (Å²) in [6.07, 6.45) is 3.73. The van der Waals surface area contributed by atoms with Gasteiger partial charge in [-0.15, -0.1) is 10.2 Å². The van der Waals surface area contributed by atoms with Crippen LogP contribution in [0.5, 0.6) is 0 Å². The summed E-state index contributed by atoms with van der Waals surface area (Å²) in [4.78, 5) is 28.9. The van der Waals surface area contributed by atoms with E-state index in [-0.39, 0.29) is 18.5 Å². The van der Waals surface area contributed by atoms with Crippen LogP contribution in [0.1, 0.15) is 38.5 Å². The van der Waals surface area contributed by atoms with Crippen molar-refractivity contribution in [2.75, 3.05) is 26.2 Å². The Balaban J connectivity index is 1.22. The summed E-state index contributed by atoms with van der Waals surface area (Å²) in [5.41, 5.74) is 1.99. The topological polar surface area (TPSA) is 139 Å². The number of β-amino-alcohol motifs (C(OH)–C–C–N with tert-alkyl or cyclic N) is 1. The van der Waals surface area contributed by atoms with Gasteiger partial charge in [0.1, 0.15) is 19.0 Å². The third-order valence-corrected chi connectivity index (χ3v) is 6.81. The molecule has 0 aromatic carbocycles. The maximum atomic E-state index is 13.4. The summed E-state index contributed by atoms with van der Waals surface area (Å²) in [5, 5.41) is 29.7. The molecule has 5 heterocycles. The highest BCUT2D eigenvalue weighted by molar-refractivity contribution is 5.96. The van der Waals surface area contributed by atoms with Gasteiger partial charge in [0.2, 0.25) is 5.91 Å². The Hall–Kier alpha value is -3.51. The first-order chi connectivity index (χ1) is 15.9. The molecule has 0 bridgehead atoms. The van der Waals surface area contributed by atoms with Gasteiger partial charge in [0.05, 0.1) is 22.4 Å². The zero-order valence-corrected chi connectivity index (χ0v) is 18.4. The van der Waals surface area contributed by atoms with Crippen LogP contribution in [0, 0.1) is 5.41 Å². The van der Waals surface area contributed by atoms with Crippen molar-refractivity contribution in [3.8, 4) is 5.82 Å². The lowest BCUT2D eigenvalue weighted by Crippen LogP contribution is -2.47. The van der Waals surface area contributed by atoms with Crippen molar-refractivity contribution < 1.29 is 19.4 Å². The molecular weight excluding hydrogens is 428 g/mol. The average molecular weight is 452 g/mol. The van der Waals surface area contributed by atoms with Gasteiger partial charge in [-0.3, -0.25) is 9.69 Å². The first-order valence-electron chi connectivity index (χ1n) is 10.8. The molecule has 1 N–H and O–H groups in total. The van der Waals surface area contributed by atoms with Crippen LogP contribution >= 0.6 is 0 Å². The third kappa shape index (κ3) is 3.60. The zero-order valence-electron chi connectivity index (χ0n) is 18.4. The summed E-state index contributed by atoms with van der Waals surface area (Å²) >= 11 is 0. The van der Waals surface area contributed by atoms with Crippen LogP contribution in [0.2, 0.25) is 0 Å². The number of nitrogens with zero attached hydrogens (tertiary/aromatic N) is 8. The van der Waals surface area contributed by atoms with E-state index in [1.165, 1.54) is 11.0 Å². The molecule has 1 saturated heterocycles. The molecule has 33 heavy (non-hydrogen) atoms. The fourth-order valence-electron chi connectivity index (χ4n) is 4.66. The monoisotopic (exact) mass is 452 g/mol. The number of amides is 1. The van der Waals surface area contributed by atoms with Crippen molar-refractivity contribution in [3.63, 3.8) is 0 Å². The summed E-state index contributed by atoms with van der Waals surface area (Å²) in [6.45, 7) is 5.49. The van der Waals surface area contributed by atoms with Crippen LogP contribution in [0.25, 0.3) is 5.82 Å². The second kappa shape index (κ2) is 8.12. The smallest absolute Gasteiger partial charge is 0.336 e. The largest absolute Gasteiger partial charge is 0.456 e. The van der Waals surface area contributed by atoms with Crippen LogP contribution in [-0.2, 0) is 14.3 Å². The normalized spacial score (nSPS) is 21.7. The Morgan fingerprint density at radius 1 is 1.18 bits per heavy atom. The summed E-state index contributed by atoms with van der Waals surface area (Å²) in [6, 6.07) is 3.40. The molecular formula is C21H24N8O4. The van der Waals surface area contributed by atoms with Crippen LogP contribution < -0.4 is 0 Å². The Morgan fingerprint density at radius 3 is 2.58 bits per heavy atom. The van der Waals surface area contributed by atoms with E-state index >= 15 is 0 Å². The molecule has 1 atom stereocenters. The minimum absolute atomic E-state index is 0.00287. The fourth-order valence-corrected chi connectivity index (χ4v) is 4.66. The number of aliphatic hydroxyl groups excluding tert-OH is 1. The van der Waals surface area contributed by atoms with Crippen molar-refractivity contribution in [1.82, 2.24) is 40.2 Å². The number of aliphatic hydroxyl groups is 1. The molecule has 172 valence electrons. The summed E-state index contributed by atoms with van der Waals surface area (Å²) in [5.74, 6) is 0.0849. The van der Waals surface area contributed by atoms with Gasteiger partial charge in [-0.1, -0.05) is 0 Å². The van der Waals surface area contributed by atoms with E-state index in [9.17, 15) is 14.7 Å². The number of aromatic nitrogens is 6. The van der Waals surface area contributed by atoms with Gasteiger partial charge in [0.25, 0.3) is 0 Å². The Labute approximate surface area is 189 Å². The zero-order chi connectivity index (χ0) is 23.2. The van der Waals surface area contributed by atoms with Crippen molar-refractivity contribution >= 4 is 11.9 Å². The number of cyclic esters (lactones) is 1. The van der Waals surface area contributed by atoms with Crippen molar-refractivity contribution in [3.05, 3.63) is 47.2 Å². The summed E-state index contributed by atoms with van der Waals surface area (Å²) < 4.78 is 6.47. The molecule has 3 aliphatic rings. The molecule has 1 fully saturated rings. The number of tetrazole rings is 1. The molecule has 2 aromatic heterocycles. The van der Waals surface area contributed by atoms with Gasteiger partial charge in [-0.25, -0.2) is 4.79 Å². The lowest BCUT2D eigenvalue weighted by atomic mass is 9.74. The quantitative estimate of drug-likeness (QED) is 0.623. The van der Waals surface area contributed by atoms with Gasteiger partial charge < -0.3 is 14.7 Å². The van der Waals surface area contributed by atoms with Gasteiger partial charge in [-0.2, -0.15) is 9.78 Å². The molecule has 5 rings (SSSR count). The van der Waals surface area contributed by atoms with Crippen molar-refractivity contribution in [1.29, 1.82) is 0 Å². The third-order valence-electron chi connectivity index (χ3n) is 6.81. The average Bonchev–Trinajstić information content (AvgIpc) is 3.53. The van der Waals surface area contributed by atoms with Crippen LogP contribution in [0.3, 0.4) is 0 Å². The van der Waals surface area contributed by atoms with E-state index in [1.807, 2.05) is 13.1 Å². The van der Waals surface area contributed by atoms with E-state index < -0.39 is 11.5 Å². The Kier molecular flexibility index (Phi) is 5.25.